The third-order valence-electron chi connectivity index (χ3n) is 3.74. The van der Waals surface area contributed by atoms with Gasteiger partial charge in [0.1, 0.15) is 11.5 Å². The molecule has 1 aliphatic heterocycles. The van der Waals surface area contributed by atoms with Crippen molar-refractivity contribution >= 4 is 11.7 Å². The van der Waals surface area contributed by atoms with Gasteiger partial charge < -0.3 is 15.3 Å². The maximum atomic E-state index is 12.2. The van der Waals surface area contributed by atoms with Gasteiger partial charge in [0.2, 0.25) is 0 Å². The first kappa shape index (κ1) is 15.8. The van der Waals surface area contributed by atoms with Gasteiger partial charge in [-0.3, -0.25) is 4.79 Å². The Balaban J connectivity index is 2.11. The number of carbonyl (C=O) groups excluding carboxylic acids is 1. The summed E-state index contributed by atoms with van der Waals surface area (Å²) in [6, 6.07) is 5.54. The van der Waals surface area contributed by atoms with Gasteiger partial charge in [0.15, 0.2) is 0 Å². The van der Waals surface area contributed by atoms with E-state index in [0.717, 1.165) is 18.9 Å². The molecule has 0 aliphatic carbocycles. The number of nitrogens with one attached hydrogen (secondary N) is 1. The Morgan fingerprint density at radius 2 is 1.95 bits per heavy atom. The number of aliphatic hydroxyl groups excluding tert-OH is 1. The first-order valence-corrected chi connectivity index (χ1v) is 7.67. The fourth-order valence-electron chi connectivity index (χ4n) is 2.44. The van der Waals surface area contributed by atoms with Crippen molar-refractivity contribution in [2.24, 2.45) is 0 Å². The van der Waals surface area contributed by atoms with E-state index in [1.807, 2.05) is 12.1 Å². The molecule has 0 spiro atoms. The van der Waals surface area contributed by atoms with Crippen molar-refractivity contribution in [1.82, 2.24) is 10.3 Å². The highest BCUT2D eigenvalue weighted by Gasteiger charge is 2.21. The van der Waals surface area contributed by atoms with Crippen molar-refractivity contribution < 1.29 is 9.90 Å². The Labute approximate surface area is 126 Å². The molecule has 1 aromatic heterocycles. The molecule has 5 heteroatoms. The van der Waals surface area contributed by atoms with E-state index in [1.165, 1.54) is 25.7 Å². The highest BCUT2D eigenvalue weighted by Crippen LogP contribution is 2.17. The summed E-state index contributed by atoms with van der Waals surface area (Å²) >= 11 is 0. The molecule has 0 radical (unpaired) electrons. The standard InChI is InChI=1S/C16H25N3O2/c1-16(2,12-20)18-15(21)13-8-7-9-14(17-13)19-10-5-3-4-6-11-19/h7-9,20H,3-6,10-12H2,1-2H3,(H,18,21). The number of nitrogens with zero attached hydrogens (tertiary/aromatic N) is 2. The van der Waals surface area contributed by atoms with Crippen LogP contribution in [0, 0.1) is 0 Å². The molecule has 21 heavy (non-hydrogen) atoms. The highest BCUT2D eigenvalue weighted by atomic mass is 16.3. The molecule has 116 valence electrons. The molecule has 1 fully saturated rings. The minimum Gasteiger partial charge on any atom is -0.394 e. The van der Waals surface area contributed by atoms with Crippen LogP contribution in [0.3, 0.4) is 0 Å². The molecule has 5 nitrogen and oxygen atoms in total. The van der Waals surface area contributed by atoms with Gasteiger partial charge in [0.25, 0.3) is 5.91 Å². The van der Waals surface area contributed by atoms with Crippen LogP contribution in [0.25, 0.3) is 0 Å². The van der Waals surface area contributed by atoms with Crippen molar-refractivity contribution in [3.63, 3.8) is 0 Å². The molecule has 2 N–H and O–H groups in total. The molecule has 1 aromatic rings. The van der Waals surface area contributed by atoms with Gasteiger partial charge >= 0.3 is 0 Å². The first-order valence-electron chi connectivity index (χ1n) is 7.67. The van der Waals surface area contributed by atoms with Crippen molar-refractivity contribution in [3.05, 3.63) is 23.9 Å². The molecule has 1 saturated heterocycles. The monoisotopic (exact) mass is 291 g/mol. The fraction of sp³-hybridized carbons (Fsp3) is 0.625. The Kier molecular flexibility index (Phi) is 5.17. The molecular formula is C16H25N3O2. The van der Waals surface area contributed by atoms with Crippen LogP contribution in [0.5, 0.6) is 0 Å². The predicted molar refractivity (Wildman–Crippen MR) is 83.5 cm³/mol. The summed E-state index contributed by atoms with van der Waals surface area (Å²) in [5.41, 5.74) is -0.240. The summed E-state index contributed by atoms with van der Waals surface area (Å²) in [6.07, 6.45) is 4.88. The summed E-state index contributed by atoms with van der Waals surface area (Å²) in [7, 11) is 0. The smallest absolute Gasteiger partial charge is 0.270 e. The van der Waals surface area contributed by atoms with Crippen LogP contribution in [0.1, 0.15) is 50.0 Å². The fourth-order valence-corrected chi connectivity index (χ4v) is 2.44. The normalized spacial score (nSPS) is 16.4. The molecule has 1 amide bonds. The second-order valence-corrected chi connectivity index (χ2v) is 6.28. The quantitative estimate of drug-likeness (QED) is 0.890. The van der Waals surface area contributed by atoms with Gasteiger partial charge in [-0.1, -0.05) is 18.9 Å². The molecular weight excluding hydrogens is 266 g/mol. The highest BCUT2D eigenvalue weighted by molar-refractivity contribution is 5.93. The van der Waals surface area contributed by atoms with E-state index in [4.69, 9.17) is 0 Å². The molecule has 0 atom stereocenters. The number of aromatic nitrogens is 1. The van der Waals surface area contributed by atoms with Crippen LogP contribution in [-0.4, -0.2) is 41.2 Å². The molecule has 1 aliphatic rings. The van der Waals surface area contributed by atoms with E-state index >= 15 is 0 Å². The summed E-state index contributed by atoms with van der Waals surface area (Å²) in [5.74, 6) is 0.622. The number of anilines is 1. The lowest BCUT2D eigenvalue weighted by Crippen LogP contribution is -2.46. The number of hydrogen-bond acceptors (Lipinski definition) is 4. The van der Waals surface area contributed by atoms with Gasteiger partial charge in [0.05, 0.1) is 12.1 Å². The number of rotatable bonds is 4. The first-order chi connectivity index (χ1) is 10.0. The zero-order chi connectivity index (χ0) is 15.3. The molecule has 2 rings (SSSR count). The maximum Gasteiger partial charge on any atom is 0.270 e. The lowest BCUT2D eigenvalue weighted by molar-refractivity contribution is 0.0864. The number of carbonyl (C=O) groups is 1. The molecule has 0 unspecified atom stereocenters. The number of amides is 1. The van der Waals surface area contributed by atoms with E-state index in [1.54, 1.807) is 19.9 Å². The van der Waals surface area contributed by atoms with Crippen molar-refractivity contribution in [2.75, 3.05) is 24.6 Å². The minimum atomic E-state index is -0.641. The number of hydrogen-bond donors (Lipinski definition) is 2. The molecule has 2 heterocycles. The van der Waals surface area contributed by atoms with Crippen LogP contribution < -0.4 is 10.2 Å². The Morgan fingerprint density at radius 1 is 1.29 bits per heavy atom. The summed E-state index contributed by atoms with van der Waals surface area (Å²) in [5, 5.41) is 12.0. The van der Waals surface area contributed by atoms with Gasteiger partial charge in [-0.05, 0) is 38.8 Å². The minimum absolute atomic E-state index is 0.107. The van der Waals surface area contributed by atoms with Crippen LogP contribution in [0.2, 0.25) is 0 Å². The largest absolute Gasteiger partial charge is 0.394 e. The van der Waals surface area contributed by atoms with Crippen LogP contribution in [0.15, 0.2) is 18.2 Å². The van der Waals surface area contributed by atoms with Gasteiger partial charge in [0, 0.05) is 13.1 Å². The number of aliphatic hydroxyl groups is 1. The van der Waals surface area contributed by atoms with E-state index in [-0.39, 0.29) is 12.5 Å². The third-order valence-corrected chi connectivity index (χ3v) is 3.74. The van der Waals surface area contributed by atoms with Crippen LogP contribution in [-0.2, 0) is 0 Å². The summed E-state index contributed by atoms with van der Waals surface area (Å²) < 4.78 is 0. The second-order valence-electron chi connectivity index (χ2n) is 6.28. The zero-order valence-electron chi connectivity index (χ0n) is 12.9. The Hall–Kier alpha value is -1.62. The molecule has 0 saturated carbocycles. The van der Waals surface area contributed by atoms with E-state index < -0.39 is 5.54 Å². The van der Waals surface area contributed by atoms with Crippen molar-refractivity contribution in [1.29, 1.82) is 0 Å². The van der Waals surface area contributed by atoms with Crippen molar-refractivity contribution in [2.45, 2.75) is 45.1 Å². The van der Waals surface area contributed by atoms with Gasteiger partial charge in [-0.15, -0.1) is 0 Å². The zero-order valence-corrected chi connectivity index (χ0v) is 12.9. The topological polar surface area (TPSA) is 65.5 Å². The van der Waals surface area contributed by atoms with Gasteiger partial charge in [-0.2, -0.15) is 0 Å². The lowest BCUT2D eigenvalue weighted by Gasteiger charge is -2.24. The summed E-state index contributed by atoms with van der Waals surface area (Å²) in [6.45, 7) is 5.46. The maximum absolute atomic E-state index is 12.2. The van der Waals surface area contributed by atoms with Crippen molar-refractivity contribution in [3.8, 4) is 0 Å². The van der Waals surface area contributed by atoms with E-state index in [2.05, 4.69) is 15.2 Å². The molecule has 0 aromatic carbocycles. The van der Waals surface area contributed by atoms with Crippen LogP contribution in [0.4, 0.5) is 5.82 Å². The van der Waals surface area contributed by atoms with E-state index in [0.29, 0.717) is 5.69 Å². The van der Waals surface area contributed by atoms with E-state index in [9.17, 15) is 9.90 Å². The SMILES string of the molecule is CC(C)(CO)NC(=O)c1cccc(N2CCCCCC2)n1. The second kappa shape index (κ2) is 6.89. The Morgan fingerprint density at radius 3 is 2.57 bits per heavy atom. The lowest BCUT2D eigenvalue weighted by atomic mass is 10.1. The average Bonchev–Trinajstić information content (AvgIpc) is 2.76. The Bertz CT molecular complexity index is 480. The molecule has 0 bridgehead atoms. The average molecular weight is 291 g/mol. The third kappa shape index (κ3) is 4.43. The summed E-state index contributed by atoms with van der Waals surface area (Å²) in [4.78, 5) is 19.0. The number of pyridine rings is 1. The van der Waals surface area contributed by atoms with Gasteiger partial charge in [-0.25, -0.2) is 4.98 Å². The predicted octanol–water partition coefficient (Wildman–Crippen LogP) is 1.96. The van der Waals surface area contributed by atoms with Crippen LogP contribution >= 0.6 is 0 Å².